The Balaban J connectivity index is 3.50. The molecule has 70 valence electrons. The third kappa shape index (κ3) is 5.29. The summed E-state index contributed by atoms with van der Waals surface area (Å²) < 4.78 is 0. The summed E-state index contributed by atoms with van der Waals surface area (Å²) in [7, 11) is 0. The summed E-state index contributed by atoms with van der Waals surface area (Å²) >= 11 is 1.31. The van der Waals surface area contributed by atoms with Crippen molar-refractivity contribution in [3.05, 3.63) is 0 Å². The maximum absolute atomic E-state index is 10.7. The number of hydrogen-bond acceptors (Lipinski definition) is 5. The summed E-state index contributed by atoms with van der Waals surface area (Å²) in [5.74, 6) is 0.431. The molecule has 0 aromatic carbocycles. The molecule has 12 heavy (non-hydrogen) atoms. The highest BCUT2D eigenvalue weighted by molar-refractivity contribution is 8.00. The normalized spacial score (nSPS) is 12.6. The molecule has 0 fully saturated rings. The van der Waals surface area contributed by atoms with Crippen molar-refractivity contribution in [2.24, 2.45) is 5.73 Å². The molecular weight excluding hydrogens is 178 g/mol. The summed E-state index contributed by atoms with van der Waals surface area (Å²) in [6.45, 7) is 0.953. The molecule has 0 aliphatic rings. The van der Waals surface area contributed by atoms with E-state index in [9.17, 15) is 9.59 Å². The predicted molar refractivity (Wildman–Crippen MR) is 48.1 cm³/mol. The van der Waals surface area contributed by atoms with Gasteiger partial charge in [0.15, 0.2) is 5.78 Å². The van der Waals surface area contributed by atoms with Crippen LogP contribution in [0.5, 0.6) is 0 Å². The van der Waals surface area contributed by atoms with Crippen LogP contribution < -0.4 is 5.73 Å². The van der Waals surface area contributed by atoms with E-state index in [1.54, 1.807) is 0 Å². The molecular formula is C7H13NO3S. The number of carbonyl (C=O) groups is 2. The van der Waals surface area contributed by atoms with Crippen molar-refractivity contribution in [3.63, 3.8) is 0 Å². The zero-order valence-electron chi connectivity index (χ0n) is 6.95. The first-order chi connectivity index (χ1) is 5.57. The molecule has 0 saturated heterocycles. The summed E-state index contributed by atoms with van der Waals surface area (Å²) in [5.41, 5.74) is 5.37. The van der Waals surface area contributed by atoms with Gasteiger partial charge in [-0.25, -0.2) is 0 Å². The summed E-state index contributed by atoms with van der Waals surface area (Å²) in [4.78, 5) is 21.2. The molecule has 1 atom stereocenters. The van der Waals surface area contributed by atoms with E-state index in [1.165, 1.54) is 18.7 Å². The maximum Gasteiger partial charge on any atom is 0.175 e. The van der Waals surface area contributed by atoms with E-state index in [0.717, 1.165) is 0 Å². The molecule has 0 amide bonds. The summed E-state index contributed by atoms with van der Waals surface area (Å²) in [5, 5.41) is 8.41. The fraction of sp³-hybridized carbons (Fsp3) is 0.714. The minimum absolute atomic E-state index is 0.0589. The number of carbonyl (C=O) groups excluding carboxylic acids is 2. The molecule has 5 heteroatoms. The molecule has 0 rings (SSSR count). The molecule has 0 aromatic rings. The van der Waals surface area contributed by atoms with Gasteiger partial charge in [-0.1, -0.05) is 0 Å². The van der Waals surface area contributed by atoms with Crippen LogP contribution in [0.15, 0.2) is 0 Å². The van der Waals surface area contributed by atoms with Crippen LogP contribution in [0.2, 0.25) is 0 Å². The molecule has 0 aliphatic carbocycles. The predicted octanol–water partition coefficient (Wildman–Crippen LogP) is -0.803. The quantitative estimate of drug-likeness (QED) is 0.574. The largest absolute Gasteiger partial charge is 0.389 e. The van der Waals surface area contributed by atoms with Gasteiger partial charge in [0, 0.05) is 5.75 Å². The third-order valence-corrected chi connectivity index (χ3v) is 2.38. The molecule has 0 saturated carbocycles. The lowest BCUT2D eigenvalue weighted by Gasteiger charge is -2.06. The van der Waals surface area contributed by atoms with Crippen LogP contribution in [-0.4, -0.2) is 40.8 Å². The fourth-order valence-corrected chi connectivity index (χ4v) is 1.38. The number of Topliss-reactive ketones (excluding diaryl/α,β-unsaturated/α-hetero) is 2. The van der Waals surface area contributed by atoms with Crippen LogP contribution in [0.25, 0.3) is 0 Å². The Morgan fingerprint density at radius 3 is 2.58 bits per heavy atom. The Bertz CT molecular complexity index is 172. The number of aliphatic hydroxyl groups excluding tert-OH is 1. The van der Waals surface area contributed by atoms with Gasteiger partial charge in [-0.15, -0.1) is 0 Å². The molecule has 4 nitrogen and oxygen atoms in total. The van der Waals surface area contributed by atoms with Crippen molar-refractivity contribution in [1.82, 2.24) is 0 Å². The first-order valence-corrected chi connectivity index (χ1v) is 4.69. The first-order valence-electron chi connectivity index (χ1n) is 3.54. The maximum atomic E-state index is 10.7. The van der Waals surface area contributed by atoms with E-state index in [0.29, 0.717) is 11.5 Å². The van der Waals surface area contributed by atoms with Gasteiger partial charge in [0.1, 0.15) is 12.4 Å². The molecule has 0 spiro atoms. The Morgan fingerprint density at radius 1 is 1.58 bits per heavy atom. The zero-order valence-corrected chi connectivity index (χ0v) is 7.76. The second-order valence-corrected chi connectivity index (χ2v) is 3.48. The molecule has 0 aromatic heterocycles. The third-order valence-electron chi connectivity index (χ3n) is 1.17. The van der Waals surface area contributed by atoms with E-state index >= 15 is 0 Å². The first kappa shape index (κ1) is 11.6. The number of aliphatic hydroxyl groups is 1. The molecule has 1 unspecified atom stereocenters. The van der Waals surface area contributed by atoms with Crippen molar-refractivity contribution in [2.45, 2.75) is 13.0 Å². The number of rotatable bonds is 6. The zero-order chi connectivity index (χ0) is 9.56. The second-order valence-electron chi connectivity index (χ2n) is 2.45. The van der Waals surface area contributed by atoms with Crippen molar-refractivity contribution in [2.75, 3.05) is 18.1 Å². The summed E-state index contributed by atoms with van der Waals surface area (Å²) in [6.07, 6.45) is 0. The van der Waals surface area contributed by atoms with Gasteiger partial charge < -0.3 is 10.8 Å². The van der Waals surface area contributed by atoms with Gasteiger partial charge in [0.2, 0.25) is 0 Å². The lowest BCUT2D eigenvalue weighted by Crippen LogP contribution is -2.35. The average Bonchev–Trinajstić information content (AvgIpc) is 2.02. The number of ketones is 2. The molecule has 0 bridgehead atoms. The van der Waals surface area contributed by atoms with E-state index in [-0.39, 0.29) is 11.6 Å². The average molecular weight is 191 g/mol. The van der Waals surface area contributed by atoms with Gasteiger partial charge in [0.25, 0.3) is 0 Å². The lowest BCUT2D eigenvalue weighted by atomic mass is 10.2. The van der Waals surface area contributed by atoms with Gasteiger partial charge in [-0.3, -0.25) is 9.59 Å². The van der Waals surface area contributed by atoms with E-state index in [4.69, 9.17) is 10.8 Å². The second kappa shape index (κ2) is 6.16. The van der Waals surface area contributed by atoms with Crippen LogP contribution in [0.3, 0.4) is 0 Å². The van der Waals surface area contributed by atoms with Crippen molar-refractivity contribution >= 4 is 23.3 Å². The number of hydrogen-bond donors (Lipinski definition) is 2. The van der Waals surface area contributed by atoms with E-state index in [2.05, 4.69) is 0 Å². The lowest BCUT2D eigenvalue weighted by molar-refractivity contribution is -0.122. The minimum atomic E-state index is -0.653. The molecule has 0 heterocycles. The van der Waals surface area contributed by atoms with Crippen LogP contribution >= 0.6 is 11.8 Å². The van der Waals surface area contributed by atoms with E-state index in [1.807, 2.05) is 0 Å². The minimum Gasteiger partial charge on any atom is -0.389 e. The topological polar surface area (TPSA) is 80.4 Å². The molecule has 0 aliphatic heterocycles. The summed E-state index contributed by atoms with van der Waals surface area (Å²) in [6, 6.07) is -0.653. The number of nitrogens with two attached hydrogens (primary N) is 1. The molecule has 0 radical (unpaired) electrons. The highest BCUT2D eigenvalue weighted by Gasteiger charge is 2.11. The highest BCUT2D eigenvalue weighted by Crippen LogP contribution is 2.02. The standard InChI is InChI=1S/C7H13NO3S/c1-5(10)3-12-4-6(8)7(11)2-9/h6,9H,2-4,8H2,1H3. The van der Waals surface area contributed by atoms with Gasteiger partial charge in [-0.2, -0.15) is 11.8 Å². The Kier molecular flexibility index (Phi) is 5.96. The smallest absolute Gasteiger partial charge is 0.175 e. The molecule has 3 N–H and O–H groups in total. The van der Waals surface area contributed by atoms with Crippen molar-refractivity contribution < 1.29 is 14.7 Å². The highest BCUT2D eigenvalue weighted by atomic mass is 32.2. The van der Waals surface area contributed by atoms with Crippen LogP contribution in [0.4, 0.5) is 0 Å². The monoisotopic (exact) mass is 191 g/mol. The number of thioether (sulfide) groups is 1. The Labute approximate surface area is 75.5 Å². The Morgan fingerprint density at radius 2 is 2.17 bits per heavy atom. The van der Waals surface area contributed by atoms with Gasteiger partial charge in [0.05, 0.1) is 11.8 Å². The SMILES string of the molecule is CC(=O)CSCC(N)C(=O)CO. The Hall–Kier alpha value is -0.390. The van der Waals surface area contributed by atoms with Crippen molar-refractivity contribution in [3.8, 4) is 0 Å². The van der Waals surface area contributed by atoms with Gasteiger partial charge in [-0.05, 0) is 6.92 Å². The van der Waals surface area contributed by atoms with Crippen LogP contribution in [0.1, 0.15) is 6.92 Å². The van der Waals surface area contributed by atoms with Crippen LogP contribution in [-0.2, 0) is 9.59 Å². The van der Waals surface area contributed by atoms with Crippen LogP contribution in [0, 0.1) is 0 Å². The van der Waals surface area contributed by atoms with Gasteiger partial charge >= 0.3 is 0 Å². The van der Waals surface area contributed by atoms with Crippen molar-refractivity contribution in [1.29, 1.82) is 0 Å². The van der Waals surface area contributed by atoms with E-state index < -0.39 is 12.6 Å². The fourth-order valence-electron chi connectivity index (χ4n) is 0.540.